The van der Waals surface area contributed by atoms with Crippen LogP contribution in [0, 0.1) is 12.7 Å². The van der Waals surface area contributed by atoms with E-state index < -0.39 is 6.04 Å². The maximum absolute atomic E-state index is 13.4. The summed E-state index contributed by atoms with van der Waals surface area (Å²) in [5.41, 5.74) is 3.47. The number of nitrogens with zero attached hydrogens (tertiary/aromatic N) is 5. The second kappa shape index (κ2) is 7.56. The Morgan fingerprint density at radius 3 is 2.69 bits per heavy atom. The highest BCUT2D eigenvalue weighted by Gasteiger charge is 2.27. The summed E-state index contributed by atoms with van der Waals surface area (Å²) in [4.78, 5) is 32.8. The zero-order valence-corrected chi connectivity index (χ0v) is 17.5. The standard InChI is InChI=1S/C22H20FN7O2/c1-12-24-20(13-3-5-14(23)6-4-13)21(29(12)2)15-7-9-18-26-17(11-30(18)28-15)27-22(32)16-8-10-19(31)25-16/h3-7,9,11,16H,8,10H2,1-2H3,(H,25,31)(H,27,32)/t16-/m0/s1. The molecule has 0 aliphatic carbocycles. The number of anilines is 1. The first-order chi connectivity index (χ1) is 15.4. The number of imidazole rings is 2. The van der Waals surface area contributed by atoms with Crippen LogP contribution in [0.1, 0.15) is 18.7 Å². The Bertz CT molecular complexity index is 1360. The maximum atomic E-state index is 13.4. The minimum absolute atomic E-state index is 0.130. The van der Waals surface area contributed by atoms with Crippen LogP contribution in [0.2, 0.25) is 0 Å². The third-order valence-electron chi connectivity index (χ3n) is 5.56. The lowest BCUT2D eigenvalue weighted by Gasteiger charge is -2.08. The molecule has 1 aliphatic heterocycles. The fourth-order valence-electron chi connectivity index (χ4n) is 3.81. The van der Waals surface area contributed by atoms with Crippen LogP contribution >= 0.6 is 0 Å². The van der Waals surface area contributed by atoms with Crippen molar-refractivity contribution in [3.05, 3.63) is 54.2 Å². The molecule has 4 aromatic rings. The minimum atomic E-state index is -0.550. The van der Waals surface area contributed by atoms with Crippen LogP contribution in [0.25, 0.3) is 28.3 Å². The fraction of sp³-hybridized carbons (Fsp3) is 0.227. The summed E-state index contributed by atoms with van der Waals surface area (Å²) >= 11 is 0. The summed E-state index contributed by atoms with van der Waals surface area (Å²) in [5.74, 6) is 0.391. The summed E-state index contributed by atoms with van der Waals surface area (Å²) in [6, 6.07) is 9.25. The number of hydrogen-bond acceptors (Lipinski definition) is 5. The van der Waals surface area contributed by atoms with Crippen LogP contribution in [0.3, 0.4) is 0 Å². The van der Waals surface area contributed by atoms with Crippen molar-refractivity contribution in [1.29, 1.82) is 0 Å². The fourth-order valence-corrected chi connectivity index (χ4v) is 3.81. The van der Waals surface area contributed by atoms with Gasteiger partial charge in [-0.15, -0.1) is 0 Å². The lowest BCUT2D eigenvalue weighted by molar-refractivity contribution is -0.122. The van der Waals surface area contributed by atoms with Gasteiger partial charge in [0, 0.05) is 19.0 Å². The van der Waals surface area contributed by atoms with Gasteiger partial charge in [0.25, 0.3) is 0 Å². The Hall–Kier alpha value is -4.08. The topological polar surface area (TPSA) is 106 Å². The number of hydrogen-bond donors (Lipinski definition) is 2. The predicted molar refractivity (Wildman–Crippen MR) is 115 cm³/mol. The number of carbonyl (C=O) groups is 2. The molecular weight excluding hydrogens is 413 g/mol. The van der Waals surface area contributed by atoms with Gasteiger partial charge in [-0.3, -0.25) is 9.59 Å². The summed E-state index contributed by atoms with van der Waals surface area (Å²) in [6.45, 7) is 1.89. The average molecular weight is 433 g/mol. The molecule has 0 radical (unpaired) electrons. The molecular formula is C22H20FN7O2. The van der Waals surface area contributed by atoms with Crippen LogP contribution in [-0.2, 0) is 16.6 Å². The molecule has 5 rings (SSSR count). The number of nitrogens with one attached hydrogen (secondary N) is 2. The summed E-state index contributed by atoms with van der Waals surface area (Å²) < 4.78 is 16.9. The number of aromatic nitrogens is 5. The number of benzene rings is 1. The molecule has 9 nitrogen and oxygen atoms in total. The molecule has 10 heteroatoms. The van der Waals surface area contributed by atoms with Gasteiger partial charge >= 0.3 is 0 Å². The van der Waals surface area contributed by atoms with Gasteiger partial charge in [-0.05, 0) is 49.7 Å². The number of amides is 2. The zero-order chi connectivity index (χ0) is 22.4. The van der Waals surface area contributed by atoms with Gasteiger partial charge in [0.2, 0.25) is 11.8 Å². The minimum Gasteiger partial charge on any atom is -0.344 e. The molecule has 1 aliphatic rings. The number of fused-ring (bicyclic) bond motifs is 1. The molecule has 1 aromatic carbocycles. The van der Waals surface area contributed by atoms with Crippen LogP contribution < -0.4 is 10.6 Å². The van der Waals surface area contributed by atoms with Crippen molar-refractivity contribution in [3.8, 4) is 22.6 Å². The van der Waals surface area contributed by atoms with Gasteiger partial charge in [-0.2, -0.15) is 5.10 Å². The molecule has 2 amide bonds. The van der Waals surface area contributed by atoms with Crippen molar-refractivity contribution in [1.82, 2.24) is 29.5 Å². The average Bonchev–Trinajstić information content (AvgIpc) is 3.45. The molecule has 0 unspecified atom stereocenters. The molecule has 1 atom stereocenters. The summed E-state index contributed by atoms with van der Waals surface area (Å²) in [5, 5.41) is 10.0. The smallest absolute Gasteiger partial charge is 0.248 e. The first kappa shape index (κ1) is 19.9. The van der Waals surface area contributed by atoms with Gasteiger partial charge < -0.3 is 15.2 Å². The van der Waals surface area contributed by atoms with Crippen LogP contribution in [0.5, 0.6) is 0 Å². The molecule has 3 aromatic heterocycles. The van der Waals surface area contributed by atoms with E-state index in [9.17, 15) is 14.0 Å². The molecule has 162 valence electrons. The predicted octanol–water partition coefficient (Wildman–Crippen LogP) is 2.46. The Morgan fingerprint density at radius 1 is 1.19 bits per heavy atom. The Balaban J connectivity index is 1.49. The van der Waals surface area contributed by atoms with Gasteiger partial charge in [-0.25, -0.2) is 18.9 Å². The van der Waals surface area contributed by atoms with Gasteiger partial charge in [-0.1, -0.05) is 0 Å². The lowest BCUT2D eigenvalue weighted by Crippen LogP contribution is -2.37. The van der Waals surface area contributed by atoms with Crippen LogP contribution in [0.15, 0.2) is 42.6 Å². The summed E-state index contributed by atoms with van der Waals surface area (Å²) in [7, 11) is 1.89. The number of aryl methyl sites for hydroxylation is 1. The lowest BCUT2D eigenvalue weighted by atomic mass is 10.1. The Morgan fingerprint density at radius 2 is 1.97 bits per heavy atom. The van der Waals surface area contributed by atoms with E-state index >= 15 is 0 Å². The second-order valence-electron chi connectivity index (χ2n) is 7.72. The van der Waals surface area contributed by atoms with E-state index in [-0.39, 0.29) is 17.6 Å². The molecule has 0 saturated carbocycles. The maximum Gasteiger partial charge on any atom is 0.248 e. The summed E-state index contributed by atoms with van der Waals surface area (Å²) in [6.07, 6.45) is 2.43. The van der Waals surface area contributed by atoms with Crippen molar-refractivity contribution in [3.63, 3.8) is 0 Å². The van der Waals surface area contributed by atoms with Gasteiger partial charge in [0.15, 0.2) is 11.5 Å². The molecule has 0 bridgehead atoms. The number of halogens is 1. The highest BCUT2D eigenvalue weighted by Crippen LogP contribution is 2.31. The Labute approximate surface area is 182 Å². The van der Waals surface area contributed by atoms with E-state index in [2.05, 4.69) is 25.7 Å². The molecule has 0 spiro atoms. The van der Waals surface area contributed by atoms with Gasteiger partial charge in [0.1, 0.15) is 23.4 Å². The van der Waals surface area contributed by atoms with Crippen molar-refractivity contribution in [2.24, 2.45) is 7.05 Å². The van der Waals surface area contributed by atoms with Crippen LogP contribution in [0.4, 0.5) is 10.2 Å². The van der Waals surface area contributed by atoms with E-state index in [0.717, 1.165) is 17.1 Å². The van der Waals surface area contributed by atoms with Crippen LogP contribution in [-0.4, -0.2) is 42.0 Å². The van der Waals surface area contributed by atoms with Crippen molar-refractivity contribution < 1.29 is 14.0 Å². The third kappa shape index (κ3) is 3.49. The SMILES string of the molecule is Cc1nc(-c2ccc(F)cc2)c(-c2ccc3nc(NC(=O)[C@@H]4CCC(=O)N4)cn3n2)n1C. The largest absolute Gasteiger partial charge is 0.344 e. The normalized spacial score (nSPS) is 15.8. The van der Waals surface area contributed by atoms with Crippen molar-refractivity contribution in [2.75, 3.05) is 5.32 Å². The molecule has 1 saturated heterocycles. The first-order valence-corrected chi connectivity index (χ1v) is 10.2. The first-order valence-electron chi connectivity index (χ1n) is 10.2. The van der Waals surface area contributed by atoms with E-state index in [0.29, 0.717) is 35.7 Å². The monoisotopic (exact) mass is 433 g/mol. The second-order valence-corrected chi connectivity index (χ2v) is 7.72. The number of carbonyl (C=O) groups excluding carboxylic acids is 2. The van der Waals surface area contributed by atoms with E-state index in [1.807, 2.05) is 24.6 Å². The van der Waals surface area contributed by atoms with Crippen molar-refractivity contribution in [2.45, 2.75) is 25.8 Å². The van der Waals surface area contributed by atoms with E-state index in [1.165, 1.54) is 12.1 Å². The molecule has 4 heterocycles. The highest BCUT2D eigenvalue weighted by molar-refractivity contribution is 5.98. The molecule has 32 heavy (non-hydrogen) atoms. The molecule has 1 fully saturated rings. The van der Waals surface area contributed by atoms with Gasteiger partial charge in [0.05, 0.1) is 17.6 Å². The zero-order valence-electron chi connectivity index (χ0n) is 17.5. The van der Waals surface area contributed by atoms with E-state index in [4.69, 9.17) is 0 Å². The Kier molecular flexibility index (Phi) is 4.69. The quantitative estimate of drug-likeness (QED) is 0.514. The van der Waals surface area contributed by atoms with E-state index in [1.54, 1.807) is 28.9 Å². The highest BCUT2D eigenvalue weighted by atomic mass is 19.1. The van der Waals surface area contributed by atoms with Crippen molar-refractivity contribution >= 4 is 23.3 Å². The number of rotatable bonds is 4. The molecule has 2 N–H and O–H groups in total. The third-order valence-corrected chi connectivity index (χ3v) is 5.56.